The number of amides is 1. The summed E-state index contributed by atoms with van der Waals surface area (Å²) < 4.78 is 0.714. The average Bonchev–Trinajstić information content (AvgIpc) is 2.83. The van der Waals surface area contributed by atoms with E-state index in [1.165, 1.54) is 12.8 Å². The molecule has 1 saturated carbocycles. The molecule has 3 nitrogen and oxygen atoms in total. The van der Waals surface area contributed by atoms with Crippen LogP contribution in [-0.2, 0) is 0 Å². The van der Waals surface area contributed by atoms with E-state index in [0.717, 1.165) is 24.9 Å². The third-order valence-corrected chi connectivity index (χ3v) is 3.77. The van der Waals surface area contributed by atoms with Crippen LogP contribution in [0.2, 0.25) is 0 Å². The summed E-state index contributed by atoms with van der Waals surface area (Å²) in [4.78, 5) is 18.4. The Morgan fingerprint density at radius 3 is 2.82 bits per heavy atom. The molecule has 0 atom stereocenters. The largest absolute Gasteiger partial charge is 0.336 e. The molecule has 1 aliphatic rings. The van der Waals surface area contributed by atoms with E-state index in [-0.39, 0.29) is 5.91 Å². The van der Waals surface area contributed by atoms with Crippen LogP contribution in [0.4, 0.5) is 0 Å². The lowest BCUT2D eigenvalue weighted by Gasteiger charge is -2.27. The van der Waals surface area contributed by atoms with E-state index in [9.17, 15) is 4.79 Å². The molecule has 0 unspecified atom stereocenters. The molecule has 0 bridgehead atoms. The zero-order valence-electron chi connectivity index (χ0n) is 10.0. The van der Waals surface area contributed by atoms with E-state index in [2.05, 4.69) is 20.9 Å². The standard InChI is InChI=1S/C13H17BrN2O/c1-2-16(11-5-3-4-6-11)13(17)10-7-8-15-12(14)9-10/h7-9,11H,2-6H2,1H3. The van der Waals surface area contributed by atoms with Gasteiger partial charge < -0.3 is 4.90 Å². The van der Waals surface area contributed by atoms with Crippen molar-refractivity contribution in [3.63, 3.8) is 0 Å². The van der Waals surface area contributed by atoms with Crippen LogP contribution in [0, 0.1) is 0 Å². The van der Waals surface area contributed by atoms with Gasteiger partial charge in [0.05, 0.1) is 0 Å². The fraction of sp³-hybridized carbons (Fsp3) is 0.538. The Bertz CT molecular complexity index is 402. The number of hydrogen-bond acceptors (Lipinski definition) is 2. The molecule has 1 fully saturated rings. The van der Waals surface area contributed by atoms with Crippen molar-refractivity contribution in [2.24, 2.45) is 0 Å². The van der Waals surface area contributed by atoms with Gasteiger partial charge in [-0.15, -0.1) is 0 Å². The predicted molar refractivity (Wildman–Crippen MR) is 70.9 cm³/mol. The summed E-state index contributed by atoms with van der Waals surface area (Å²) in [5, 5.41) is 0. The van der Waals surface area contributed by atoms with Gasteiger partial charge >= 0.3 is 0 Å². The minimum Gasteiger partial charge on any atom is -0.336 e. The van der Waals surface area contributed by atoms with Gasteiger partial charge in [-0.25, -0.2) is 4.98 Å². The van der Waals surface area contributed by atoms with Gasteiger partial charge in [0.1, 0.15) is 4.60 Å². The first kappa shape index (κ1) is 12.6. The molecule has 0 saturated heterocycles. The highest BCUT2D eigenvalue weighted by Gasteiger charge is 2.26. The number of hydrogen-bond donors (Lipinski definition) is 0. The number of nitrogens with zero attached hydrogens (tertiary/aromatic N) is 2. The van der Waals surface area contributed by atoms with Crippen molar-refractivity contribution in [3.8, 4) is 0 Å². The van der Waals surface area contributed by atoms with Gasteiger partial charge in [0.2, 0.25) is 0 Å². The monoisotopic (exact) mass is 296 g/mol. The maximum Gasteiger partial charge on any atom is 0.254 e. The van der Waals surface area contributed by atoms with E-state index < -0.39 is 0 Å². The molecule has 0 spiro atoms. The number of carbonyl (C=O) groups excluding carboxylic acids is 1. The Hall–Kier alpha value is -0.900. The normalized spacial score (nSPS) is 16.1. The predicted octanol–water partition coefficient (Wildman–Crippen LogP) is 3.25. The third kappa shape index (κ3) is 2.86. The van der Waals surface area contributed by atoms with Gasteiger partial charge in [-0.2, -0.15) is 0 Å². The van der Waals surface area contributed by atoms with Crippen molar-refractivity contribution in [2.45, 2.75) is 38.6 Å². The van der Waals surface area contributed by atoms with E-state index in [0.29, 0.717) is 10.6 Å². The van der Waals surface area contributed by atoms with Crippen LogP contribution in [0.25, 0.3) is 0 Å². The van der Waals surface area contributed by atoms with Crippen LogP contribution >= 0.6 is 15.9 Å². The summed E-state index contributed by atoms with van der Waals surface area (Å²) in [6, 6.07) is 4.00. The van der Waals surface area contributed by atoms with Gasteiger partial charge in [-0.05, 0) is 47.8 Å². The Labute approximate surface area is 110 Å². The molecule has 1 amide bonds. The zero-order chi connectivity index (χ0) is 12.3. The van der Waals surface area contributed by atoms with Gasteiger partial charge in [0, 0.05) is 24.3 Å². The van der Waals surface area contributed by atoms with E-state index in [1.807, 2.05) is 11.8 Å². The fourth-order valence-electron chi connectivity index (χ4n) is 2.48. The minimum atomic E-state index is 0.127. The summed E-state index contributed by atoms with van der Waals surface area (Å²) in [6.45, 7) is 2.83. The average molecular weight is 297 g/mol. The van der Waals surface area contributed by atoms with Crippen molar-refractivity contribution in [3.05, 3.63) is 28.5 Å². The molecule has 4 heteroatoms. The number of halogens is 1. The fourth-order valence-corrected chi connectivity index (χ4v) is 2.85. The summed E-state index contributed by atoms with van der Waals surface area (Å²) in [5.41, 5.74) is 0.723. The summed E-state index contributed by atoms with van der Waals surface area (Å²) in [6.07, 6.45) is 6.44. The Morgan fingerprint density at radius 1 is 1.53 bits per heavy atom. The molecule has 2 rings (SSSR count). The number of pyridine rings is 1. The number of rotatable bonds is 3. The summed E-state index contributed by atoms with van der Waals surface area (Å²) >= 11 is 3.30. The van der Waals surface area contributed by atoms with Crippen molar-refractivity contribution >= 4 is 21.8 Å². The second kappa shape index (κ2) is 5.63. The van der Waals surface area contributed by atoms with E-state index >= 15 is 0 Å². The third-order valence-electron chi connectivity index (χ3n) is 3.34. The highest BCUT2D eigenvalue weighted by molar-refractivity contribution is 9.10. The van der Waals surface area contributed by atoms with E-state index in [1.54, 1.807) is 18.3 Å². The molecule has 1 aromatic rings. The van der Waals surface area contributed by atoms with Gasteiger partial charge in [0.15, 0.2) is 0 Å². The maximum absolute atomic E-state index is 12.4. The second-order valence-electron chi connectivity index (χ2n) is 4.40. The number of carbonyl (C=O) groups is 1. The maximum atomic E-state index is 12.4. The molecule has 1 aromatic heterocycles. The first-order valence-corrected chi connectivity index (χ1v) is 6.94. The van der Waals surface area contributed by atoms with Crippen LogP contribution in [-0.4, -0.2) is 28.4 Å². The van der Waals surface area contributed by atoms with Crippen LogP contribution < -0.4 is 0 Å². The minimum absolute atomic E-state index is 0.127. The van der Waals surface area contributed by atoms with E-state index in [4.69, 9.17) is 0 Å². The second-order valence-corrected chi connectivity index (χ2v) is 5.21. The molecule has 1 aliphatic carbocycles. The zero-order valence-corrected chi connectivity index (χ0v) is 11.6. The van der Waals surface area contributed by atoms with Crippen molar-refractivity contribution in [2.75, 3.05) is 6.54 Å². The molecule has 0 N–H and O–H groups in total. The molecule has 0 radical (unpaired) electrons. The smallest absolute Gasteiger partial charge is 0.254 e. The van der Waals surface area contributed by atoms with Crippen molar-refractivity contribution in [1.29, 1.82) is 0 Å². The Balaban J connectivity index is 2.16. The lowest BCUT2D eigenvalue weighted by molar-refractivity contribution is 0.0693. The summed E-state index contributed by atoms with van der Waals surface area (Å²) in [5.74, 6) is 0.127. The van der Waals surface area contributed by atoms with Crippen molar-refractivity contribution in [1.82, 2.24) is 9.88 Å². The molecule has 92 valence electrons. The molecule has 17 heavy (non-hydrogen) atoms. The van der Waals surface area contributed by atoms with Crippen molar-refractivity contribution < 1.29 is 4.79 Å². The molecular weight excluding hydrogens is 280 g/mol. The quantitative estimate of drug-likeness (QED) is 0.802. The molecular formula is C13H17BrN2O. The van der Waals surface area contributed by atoms with Crippen LogP contribution in [0.15, 0.2) is 22.9 Å². The Morgan fingerprint density at radius 2 is 2.24 bits per heavy atom. The Kier molecular flexibility index (Phi) is 4.15. The summed E-state index contributed by atoms with van der Waals surface area (Å²) in [7, 11) is 0. The van der Waals surface area contributed by atoms with Crippen LogP contribution in [0.1, 0.15) is 43.0 Å². The highest BCUT2D eigenvalue weighted by atomic mass is 79.9. The first-order chi connectivity index (χ1) is 8.22. The topological polar surface area (TPSA) is 33.2 Å². The lowest BCUT2D eigenvalue weighted by Crippen LogP contribution is -2.38. The molecule has 1 heterocycles. The first-order valence-electron chi connectivity index (χ1n) is 6.15. The molecule has 0 aliphatic heterocycles. The number of aromatic nitrogens is 1. The van der Waals surface area contributed by atoms with Gasteiger partial charge in [-0.3, -0.25) is 4.79 Å². The van der Waals surface area contributed by atoms with Crippen LogP contribution in [0.5, 0.6) is 0 Å². The molecule has 0 aromatic carbocycles. The van der Waals surface area contributed by atoms with Crippen LogP contribution in [0.3, 0.4) is 0 Å². The van der Waals surface area contributed by atoms with Gasteiger partial charge in [0.25, 0.3) is 5.91 Å². The highest BCUT2D eigenvalue weighted by Crippen LogP contribution is 2.25. The SMILES string of the molecule is CCN(C(=O)c1ccnc(Br)c1)C1CCCC1. The lowest BCUT2D eigenvalue weighted by atomic mass is 10.1. The van der Waals surface area contributed by atoms with Gasteiger partial charge in [-0.1, -0.05) is 12.8 Å².